The Balaban J connectivity index is 1.93. The molecule has 1 aliphatic rings. The minimum Gasteiger partial charge on any atom is -0.230 e. The third kappa shape index (κ3) is 2.21. The molecule has 0 spiro atoms. The van der Waals surface area contributed by atoms with Crippen molar-refractivity contribution in [2.24, 2.45) is 10.3 Å². The highest BCUT2D eigenvalue weighted by Gasteiger charge is 2.44. The van der Waals surface area contributed by atoms with Crippen LogP contribution in [0.25, 0.3) is 0 Å². The van der Waals surface area contributed by atoms with Crippen molar-refractivity contribution < 1.29 is 0 Å². The molecule has 3 nitrogen and oxygen atoms in total. The normalized spacial score (nSPS) is 15.7. The maximum Gasteiger partial charge on any atom is 0.136 e. The van der Waals surface area contributed by atoms with Gasteiger partial charge in [-0.2, -0.15) is 5.11 Å². The fourth-order valence-electron chi connectivity index (χ4n) is 3.20. The molecule has 0 amide bonds. The van der Waals surface area contributed by atoms with Gasteiger partial charge in [0.2, 0.25) is 0 Å². The first kappa shape index (κ1) is 13.7. The van der Waals surface area contributed by atoms with Gasteiger partial charge in [0.05, 0.1) is 12.2 Å². The summed E-state index contributed by atoms with van der Waals surface area (Å²) in [6.07, 6.45) is 0. The van der Waals surface area contributed by atoms with Crippen LogP contribution in [0, 0.1) is 0 Å². The Morgan fingerprint density at radius 3 is 1.65 bits per heavy atom. The maximum atomic E-state index is 4.47. The SMILES string of the molecule is c1ccc(N2N=NCC2(c2ccccc2)c2ccccc2)cc1. The van der Waals surface area contributed by atoms with Crippen molar-refractivity contribution in [3.05, 3.63) is 102 Å². The van der Waals surface area contributed by atoms with Crippen molar-refractivity contribution in [2.75, 3.05) is 11.6 Å². The molecule has 0 radical (unpaired) electrons. The Bertz CT molecular complexity index is 759. The highest BCUT2D eigenvalue weighted by Crippen LogP contribution is 2.42. The zero-order chi connectivity index (χ0) is 15.5. The van der Waals surface area contributed by atoms with Crippen molar-refractivity contribution in [3.8, 4) is 0 Å². The standard InChI is InChI=1S/C20H17N3/c1-4-10-17(11-5-1)20(18-12-6-2-7-13-18)16-21-22-23(20)19-14-8-3-9-15-19/h1-15H,16H2. The van der Waals surface area contributed by atoms with E-state index in [1.807, 2.05) is 35.3 Å². The van der Waals surface area contributed by atoms with Crippen molar-refractivity contribution >= 4 is 5.69 Å². The number of benzene rings is 3. The first-order valence-corrected chi connectivity index (χ1v) is 7.75. The Kier molecular flexibility index (Phi) is 3.39. The lowest BCUT2D eigenvalue weighted by Crippen LogP contribution is -2.43. The summed E-state index contributed by atoms with van der Waals surface area (Å²) in [6, 6.07) is 31.2. The van der Waals surface area contributed by atoms with E-state index in [1.165, 1.54) is 11.1 Å². The van der Waals surface area contributed by atoms with Crippen LogP contribution in [0.5, 0.6) is 0 Å². The second kappa shape index (κ2) is 5.69. The molecule has 0 N–H and O–H groups in total. The molecule has 3 aromatic rings. The molecule has 112 valence electrons. The van der Waals surface area contributed by atoms with Crippen LogP contribution in [0.3, 0.4) is 0 Å². The fraction of sp³-hybridized carbons (Fsp3) is 0.100. The number of hydrogen-bond acceptors (Lipinski definition) is 3. The van der Waals surface area contributed by atoms with Crippen molar-refractivity contribution in [2.45, 2.75) is 5.54 Å². The quantitative estimate of drug-likeness (QED) is 0.681. The summed E-state index contributed by atoms with van der Waals surface area (Å²) in [5.74, 6) is 0. The average molecular weight is 299 g/mol. The molecule has 1 heterocycles. The fourth-order valence-corrected chi connectivity index (χ4v) is 3.20. The van der Waals surface area contributed by atoms with Gasteiger partial charge in [-0.25, -0.2) is 5.01 Å². The van der Waals surface area contributed by atoms with Gasteiger partial charge in [0, 0.05) is 0 Å². The monoisotopic (exact) mass is 299 g/mol. The van der Waals surface area contributed by atoms with Crippen LogP contribution in [0.15, 0.2) is 101 Å². The molecule has 0 bridgehead atoms. The van der Waals surface area contributed by atoms with Gasteiger partial charge >= 0.3 is 0 Å². The van der Waals surface area contributed by atoms with E-state index >= 15 is 0 Å². The highest BCUT2D eigenvalue weighted by atomic mass is 15.6. The summed E-state index contributed by atoms with van der Waals surface area (Å²) in [6.45, 7) is 0.607. The van der Waals surface area contributed by atoms with Gasteiger partial charge in [-0.05, 0) is 23.3 Å². The van der Waals surface area contributed by atoms with Crippen molar-refractivity contribution in [3.63, 3.8) is 0 Å². The topological polar surface area (TPSA) is 28.0 Å². The molecule has 0 saturated carbocycles. The van der Waals surface area contributed by atoms with E-state index < -0.39 is 5.54 Å². The lowest BCUT2D eigenvalue weighted by molar-refractivity contribution is 0.552. The third-order valence-electron chi connectivity index (χ3n) is 4.32. The Labute approximate surface area is 135 Å². The summed E-state index contributed by atoms with van der Waals surface area (Å²) in [5, 5.41) is 10.9. The predicted octanol–water partition coefficient (Wildman–Crippen LogP) is 4.82. The molecule has 3 heteroatoms. The second-order valence-corrected chi connectivity index (χ2v) is 5.63. The van der Waals surface area contributed by atoms with E-state index in [9.17, 15) is 0 Å². The van der Waals surface area contributed by atoms with E-state index in [4.69, 9.17) is 0 Å². The Morgan fingerprint density at radius 2 is 1.13 bits per heavy atom. The van der Waals surface area contributed by atoms with Crippen LogP contribution < -0.4 is 5.01 Å². The molecule has 3 aromatic carbocycles. The van der Waals surface area contributed by atoms with E-state index in [0.717, 1.165) is 5.69 Å². The van der Waals surface area contributed by atoms with E-state index in [0.29, 0.717) is 6.54 Å². The minimum atomic E-state index is -0.399. The maximum absolute atomic E-state index is 4.47. The van der Waals surface area contributed by atoms with Crippen molar-refractivity contribution in [1.82, 2.24) is 0 Å². The molecular weight excluding hydrogens is 282 g/mol. The van der Waals surface area contributed by atoms with Crippen LogP contribution >= 0.6 is 0 Å². The van der Waals surface area contributed by atoms with Crippen LogP contribution in [0.2, 0.25) is 0 Å². The molecule has 4 rings (SSSR count). The summed E-state index contributed by atoms with van der Waals surface area (Å²) >= 11 is 0. The number of rotatable bonds is 3. The number of para-hydroxylation sites is 1. The van der Waals surface area contributed by atoms with Gasteiger partial charge in [0.15, 0.2) is 0 Å². The summed E-state index contributed by atoms with van der Waals surface area (Å²) in [7, 11) is 0. The zero-order valence-electron chi connectivity index (χ0n) is 12.7. The van der Waals surface area contributed by atoms with Gasteiger partial charge in [-0.1, -0.05) is 84.1 Å². The first-order chi connectivity index (χ1) is 11.4. The van der Waals surface area contributed by atoms with E-state index in [1.54, 1.807) is 0 Å². The summed E-state index contributed by atoms with van der Waals surface area (Å²) in [5.41, 5.74) is 3.03. The van der Waals surface area contributed by atoms with Gasteiger partial charge < -0.3 is 0 Å². The first-order valence-electron chi connectivity index (χ1n) is 7.75. The van der Waals surface area contributed by atoms with Gasteiger partial charge in [0.1, 0.15) is 5.54 Å². The number of hydrogen-bond donors (Lipinski definition) is 0. The van der Waals surface area contributed by atoms with Crippen LogP contribution in [0.1, 0.15) is 11.1 Å². The van der Waals surface area contributed by atoms with Crippen LogP contribution in [0.4, 0.5) is 5.69 Å². The van der Waals surface area contributed by atoms with Crippen LogP contribution in [-0.2, 0) is 5.54 Å². The molecule has 0 fully saturated rings. The third-order valence-corrected chi connectivity index (χ3v) is 4.32. The van der Waals surface area contributed by atoms with Gasteiger partial charge in [0.25, 0.3) is 0 Å². The molecule has 0 atom stereocenters. The average Bonchev–Trinajstić information content (AvgIpc) is 3.10. The van der Waals surface area contributed by atoms with Gasteiger partial charge in [-0.3, -0.25) is 0 Å². The number of anilines is 1. The predicted molar refractivity (Wildman–Crippen MR) is 92.3 cm³/mol. The second-order valence-electron chi connectivity index (χ2n) is 5.63. The molecule has 0 saturated heterocycles. The Morgan fingerprint density at radius 1 is 0.652 bits per heavy atom. The lowest BCUT2D eigenvalue weighted by Gasteiger charge is -2.37. The number of nitrogens with zero attached hydrogens (tertiary/aromatic N) is 3. The van der Waals surface area contributed by atoms with E-state index in [2.05, 4.69) is 71.0 Å². The highest BCUT2D eigenvalue weighted by molar-refractivity contribution is 5.56. The molecule has 1 aliphatic heterocycles. The summed E-state index contributed by atoms with van der Waals surface area (Å²) in [4.78, 5) is 0. The van der Waals surface area contributed by atoms with Crippen molar-refractivity contribution in [1.29, 1.82) is 0 Å². The smallest absolute Gasteiger partial charge is 0.136 e. The molecular formula is C20H17N3. The molecule has 0 aliphatic carbocycles. The summed E-state index contributed by atoms with van der Waals surface area (Å²) < 4.78 is 0. The zero-order valence-corrected chi connectivity index (χ0v) is 12.7. The van der Waals surface area contributed by atoms with E-state index in [-0.39, 0.29) is 0 Å². The molecule has 0 unspecified atom stereocenters. The largest absolute Gasteiger partial charge is 0.230 e. The van der Waals surface area contributed by atoms with Crippen LogP contribution in [-0.4, -0.2) is 6.54 Å². The molecule has 23 heavy (non-hydrogen) atoms. The Hall–Kier alpha value is -2.94. The van der Waals surface area contributed by atoms with Gasteiger partial charge in [-0.15, -0.1) is 0 Å². The molecule has 0 aromatic heterocycles. The lowest BCUT2D eigenvalue weighted by atomic mass is 9.82. The minimum absolute atomic E-state index is 0.399.